The van der Waals surface area contributed by atoms with Crippen LogP contribution in [0.3, 0.4) is 0 Å². The van der Waals surface area contributed by atoms with E-state index in [1.165, 1.54) is 11.8 Å². The lowest BCUT2D eigenvalue weighted by molar-refractivity contribution is -0.120. The number of thioether (sulfide) groups is 1. The first kappa shape index (κ1) is 14.8. The molecule has 7 heteroatoms. The number of amides is 1. The Labute approximate surface area is 122 Å². The van der Waals surface area contributed by atoms with Gasteiger partial charge in [0, 0.05) is 17.4 Å². The average molecular weight is 293 g/mol. The SMILES string of the molecule is Cc1cc(C)n2nc(S[C@H](C)C(=O)NC(C)C)nc2n1. The first-order valence-corrected chi connectivity index (χ1v) is 7.43. The molecule has 1 atom stereocenters. The van der Waals surface area contributed by atoms with Crippen molar-refractivity contribution in [2.45, 2.75) is 51.1 Å². The molecule has 1 amide bonds. The molecular weight excluding hydrogens is 274 g/mol. The minimum atomic E-state index is -0.240. The Hall–Kier alpha value is -1.63. The van der Waals surface area contributed by atoms with Crippen LogP contribution in [-0.4, -0.2) is 36.8 Å². The minimum absolute atomic E-state index is 0.00952. The van der Waals surface area contributed by atoms with Crippen LogP contribution in [0.25, 0.3) is 5.78 Å². The first-order valence-electron chi connectivity index (χ1n) is 6.55. The highest BCUT2D eigenvalue weighted by Crippen LogP contribution is 2.20. The van der Waals surface area contributed by atoms with Crippen molar-refractivity contribution in [3.05, 3.63) is 17.5 Å². The van der Waals surface area contributed by atoms with Gasteiger partial charge in [-0.15, -0.1) is 5.10 Å². The molecule has 0 fully saturated rings. The predicted octanol–water partition coefficient (Wildman–Crippen LogP) is 1.75. The minimum Gasteiger partial charge on any atom is -0.353 e. The van der Waals surface area contributed by atoms with Gasteiger partial charge in [-0.1, -0.05) is 11.8 Å². The summed E-state index contributed by atoms with van der Waals surface area (Å²) in [6.45, 7) is 9.61. The summed E-state index contributed by atoms with van der Waals surface area (Å²) in [4.78, 5) is 20.6. The van der Waals surface area contributed by atoms with Crippen LogP contribution in [-0.2, 0) is 4.79 Å². The Balaban J connectivity index is 2.18. The largest absolute Gasteiger partial charge is 0.353 e. The molecule has 0 unspecified atom stereocenters. The molecule has 0 saturated heterocycles. The number of nitrogens with one attached hydrogen (secondary N) is 1. The van der Waals surface area contributed by atoms with E-state index in [9.17, 15) is 4.79 Å². The Kier molecular flexibility index (Phi) is 4.27. The van der Waals surface area contributed by atoms with E-state index in [-0.39, 0.29) is 17.2 Å². The molecule has 108 valence electrons. The number of hydrogen-bond donors (Lipinski definition) is 1. The molecule has 0 aliphatic heterocycles. The van der Waals surface area contributed by atoms with Crippen LogP contribution in [0.4, 0.5) is 0 Å². The van der Waals surface area contributed by atoms with Crippen LogP contribution >= 0.6 is 11.8 Å². The van der Waals surface area contributed by atoms with Crippen LogP contribution in [0.15, 0.2) is 11.2 Å². The lowest BCUT2D eigenvalue weighted by Crippen LogP contribution is -2.35. The van der Waals surface area contributed by atoms with E-state index in [1.54, 1.807) is 4.52 Å². The maximum Gasteiger partial charge on any atom is 0.253 e. The molecule has 0 spiro atoms. The number of aryl methyl sites for hydroxylation is 2. The van der Waals surface area contributed by atoms with Crippen LogP contribution in [0.2, 0.25) is 0 Å². The van der Waals surface area contributed by atoms with Gasteiger partial charge in [0.25, 0.3) is 5.78 Å². The van der Waals surface area contributed by atoms with Gasteiger partial charge < -0.3 is 5.32 Å². The lowest BCUT2D eigenvalue weighted by Gasteiger charge is -2.12. The van der Waals surface area contributed by atoms with Crippen molar-refractivity contribution in [1.82, 2.24) is 24.9 Å². The molecular formula is C13H19N5OS. The van der Waals surface area contributed by atoms with Gasteiger partial charge in [0.1, 0.15) is 0 Å². The van der Waals surface area contributed by atoms with Gasteiger partial charge in [0.2, 0.25) is 11.1 Å². The van der Waals surface area contributed by atoms with Crippen molar-refractivity contribution in [2.24, 2.45) is 0 Å². The molecule has 6 nitrogen and oxygen atoms in total. The number of fused-ring (bicyclic) bond motifs is 1. The zero-order valence-corrected chi connectivity index (χ0v) is 13.2. The van der Waals surface area contributed by atoms with E-state index >= 15 is 0 Å². The zero-order valence-electron chi connectivity index (χ0n) is 12.3. The monoisotopic (exact) mass is 293 g/mol. The Morgan fingerprint density at radius 3 is 2.65 bits per heavy atom. The third-order valence-corrected chi connectivity index (χ3v) is 3.63. The fourth-order valence-electron chi connectivity index (χ4n) is 1.81. The van der Waals surface area contributed by atoms with Crippen molar-refractivity contribution < 1.29 is 4.79 Å². The van der Waals surface area contributed by atoms with Gasteiger partial charge in [0.05, 0.1) is 5.25 Å². The van der Waals surface area contributed by atoms with Gasteiger partial charge in [-0.25, -0.2) is 9.50 Å². The summed E-state index contributed by atoms with van der Waals surface area (Å²) in [6.07, 6.45) is 0. The fraction of sp³-hybridized carbons (Fsp3) is 0.538. The van der Waals surface area contributed by atoms with Gasteiger partial charge in [-0.3, -0.25) is 4.79 Å². The van der Waals surface area contributed by atoms with Gasteiger partial charge in [-0.2, -0.15) is 4.98 Å². The molecule has 20 heavy (non-hydrogen) atoms. The van der Waals surface area contributed by atoms with E-state index in [0.29, 0.717) is 10.9 Å². The number of hydrogen-bond acceptors (Lipinski definition) is 5. The Morgan fingerprint density at radius 2 is 2.00 bits per heavy atom. The number of aromatic nitrogens is 4. The number of carbonyl (C=O) groups excluding carboxylic acids is 1. The van der Waals surface area contributed by atoms with Crippen molar-refractivity contribution in [2.75, 3.05) is 0 Å². The molecule has 0 bridgehead atoms. The van der Waals surface area contributed by atoms with Crippen molar-refractivity contribution in [1.29, 1.82) is 0 Å². The molecule has 0 aromatic carbocycles. The molecule has 2 rings (SSSR count). The topological polar surface area (TPSA) is 72.2 Å². The van der Waals surface area contributed by atoms with E-state index in [4.69, 9.17) is 0 Å². The van der Waals surface area contributed by atoms with Crippen molar-refractivity contribution in [3.63, 3.8) is 0 Å². The normalized spacial score (nSPS) is 12.9. The quantitative estimate of drug-likeness (QED) is 0.869. The molecule has 2 heterocycles. The van der Waals surface area contributed by atoms with Crippen LogP contribution < -0.4 is 5.32 Å². The third-order valence-electron chi connectivity index (χ3n) is 2.68. The number of nitrogens with zero attached hydrogens (tertiary/aromatic N) is 4. The smallest absolute Gasteiger partial charge is 0.253 e. The first-order chi connectivity index (χ1) is 9.36. The fourth-order valence-corrected chi connectivity index (χ4v) is 2.57. The highest BCUT2D eigenvalue weighted by molar-refractivity contribution is 8.00. The summed E-state index contributed by atoms with van der Waals surface area (Å²) in [6, 6.07) is 2.08. The maximum absolute atomic E-state index is 11.9. The molecule has 0 aliphatic carbocycles. The summed E-state index contributed by atoms with van der Waals surface area (Å²) in [5, 5.41) is 7.59. The molecule has 1 N–H and O–H groups in total. The van der Waals surface area contributed by atoms with E-state index in [0.717, 1.165) is 11.4 Å². The second kappa shape index (κ2) is 5.78. The summed E-state index contributed by atoms with van der Waals surface area (Å²) in [5.74, 6) is 0.561. The summed E-state index contributed by atoms with van der Waals surface area (Å²) < 4.78 is 1.70. The van der Waals surface area contributed by atoms with Crippen molar-refractivity contribution >= 4 is 23.4 Å². The molecule has 0 aliphatic rings. The summed E-state index contributed by atoms with van der Waals surface area (Å²) in [5.41, 5.74) is 1.88. The molecule has 0 radical (unpaired) electrons. The Bertz CT molecular complexity index is 637. The van der Waals surface area contributed by atoms with E-state index in [1.807, 2.05) is 40.7 Å². The second-order valence-electron chi connectivity index (χ2n) is 5.07. The van der Waals surface area contributed by atoms with E-state index in [2.05, 4.69) is 20.4 Å². The highest BCUT2D eigenvalue weighted by Gasteiger charge is 2.18. The van der Waals surface area contributed by atoms with Crippen molar-refractivity contribution in [3.8, 4) is 0 Å². The standard InChI is InChI=1S/C13H19N5OS/c1-7(2)14-11(19)10(5)20-13-16-12-15-8(3)6-9(4)18(12)17-13/h6-7,10H,1-5H3,(H,14,19)/t10-/m1/s1. The highest BCUT2D eigenvalue weighted by atomic mass is 32.2. The third kappa shape index (κ3) is 3.27. The Morgan fingerprint density at radius 1 is 1.30 bits per heavy atom. The summed E-state index contributed by atoms with van der Waals surface area (Å²) >= 11 is 1.34. The molecule has 2 aromatic rings. The van der Waals surface area contributed by atoms with Gasteiger partial charge in [-0.05, 0) is 40.7 Å². The zero-order chi connectivity index (χ0) is 14.9. The second-order valence-corrected chi connectivity index (χ2v) is 6.38. The number of carbonyl (C=O) groups is 1. The maximum atomic E-state index is 11.9. The van der Waals surface area contributed by atoms with Gasteiger partial charge in [0.15, 0.2) is 0 Å². The van der Waals surface area contributed by atoms with E-state index < -0.39 is 0 Å². The molecule has 2 aromatic heterocycles. The number of rotatable bonds is 4. The lowest BCUT2D eigenvalue weighted by atomic mass is 10.3. The van der Waals surface area contributed by atoms with Crippen LogP contribution in [0.5, 0.6) is 0 Å². The average Bonchev–Trinajstić information content (AvgIpc) is 2.70. The van der Waals surface area contributed by atoms with Crippen LogP contribution in [0, 0.1) is 13.8 Å². The summed E-state index contributed by atoms with van der Waals surface area (Å²) in [7, 11) is 0. The van der Waals surface area contributed by atoms with Crippen LogP contribution in [0.1, 0.15) is 32.2 Å². The van der Waals surface area contributed by atoms with Gasteiger partial charge >= 0.3 is 0 Å². The molecule has 0 saturated carbocycles. The predicted molar refractivity (Wildman–Crippen MR) is 78.9 cm³/mol.